The second-order valence-corrected chi connectivity index (χ2v) is 5.98. The van der Waals surface area contributed by atoms with Gasteiger partial charge in [0.15, 0.2) is 0 Å². The van der Waals surface area contributed by atoms with Gasteiger partial charge in [0, 0.05) is 29.5 Å². The van der Waals surface area contributed by atoms with E-state index >= 15 is 0 Å². The average molecular weight is 358 g/mol. The number of amides is 1. The molecule has 0 aliphatic rings. The molecule has 0 saturated heterocycles. The Hall–Kier alpha value is -1.56. The second-order valence-electron chi connectivity index (χ2n) is 5.07. The first-order chi connectivity index (χ1) is 9.77. The summed E-state index contributed by atoms with van der Waals surface area (Å²) in [6, 6.07) is 5.56. The second kappa shape index (κ2) is 7.45. The molecule has 2 atom stereocenters. The summed E-state index contributed by atoms with van der Waals surface area (Å²) in [5.41, 5.74) is 0.859. The van der Waals surface area contributed by atoms with Gasteiger partial charge >= 0.3 is 5.97 Å². The molecule has 0 aliphatic carbocycles. The first-order valence-corrected chi connectivity index (χ1v) is 7.37. The fraction of sp³-hybridized carbons (Fsp3) is 0.467. The van der Waals surface area contributed by atoms with Gasteiger partial charge in [0.05, 0.1) is 13.0 Å². The van der Waals surface area contributed by atoms with E-state index in [-0.39, 0.29) is 5.91 Å². The lowest BCUT2D eigenvalue weighted by Crippen LogP contribution is -2.36. The number of ether oxygens (including phenoxy) is 1. The SMILES string of the molecule is COc1ccc(Br)cc1CN(C)C(=O)C(C)C(C)C(=O)O. The summed E-state index contributed by atoms with van der Waals surface area (Å²) in [5, 5.41) is 8.99. The molecular formula is C15H20BrNO4. The fourth-order valence-corrected chi connectivity index (χ4v) is 2.39. The number of rotatable bonds is 6. The zero-order valence-corrected chi connectivity index (χ0v) is 14.2. The number of carbonyl (C=O) groups excluding carboxylic acids is 1. The van der Waals surface area contributed by atoms with Gasteiger partial charge in [-0.15, -0.1) is 0 Å². The average Bonchev–Trinajstić information content (AvgIpc) is 2.44. The maximum Gasteiger partial charge on any atom is 0.307 e. The molecule has 1 aromatic rings. The van der Waals surface area contributed by atoms with Crippen LogP contribution in [0, 0.1) is 11.8 Å². The van der Waals surface area contributed by atoms with E-state index in [1.807, 2.05) is 18.2 Å². The first-order valence-electron chi connectivity index (χ1n) is 6.58. The van der Waals surface area contributed by atoms with Crippen LogP contribution in [-0.4, -0.2) is 36.0 Å². The molecule has 1 rings (SSSR count). The van der Waals surface area contributed by atoms with E-state index in [0.29, 0.717) is 12.3 Å². The van der Waals surface area contributed by atoms with E-state index in [2.05, 4.69) is 15.9 Å². The Labute approximate surface area is 133 Å². The molecular weight excluding hydrogens is 338 g/mol. The normalized spacial score (nSPS) is 13.4. The van der Waals surface area contributed by atoms with Gasteiger partial charge in [-0.05, 0) is 18.2 Å². The maximum absolute atomic E-state index is 12.3. The number of aliphatic carboxylic acids is 1. The lowest BCUT2D eigenvalue weighted by molar-refractivity contribution is -0.148. The summed E-state index contributed by atoms with van der Waals surface area (Å²) < 4.78 is 6.17. The molecule has 0 spiro atoms. The number of hydrogen-bond donors (Lipinski definition) is 1. The third kappa shape index (κ3) is 4.46. The van der Waals surface area contributed by atoms with Crippen LogP contribution in [-0.2, 0) is 16.1 Å². The van der Waals surface area contributed by atoms with Crippen LogP contribution in [0.3, 0.4) is 0 Å². The van der Waals surface area contributed by atoms with Crippen LogP contribution >= 0.6 is 15.9 Å². The molecule has 0 radical (unpaired) electrons. The molecule has 6 heteroatoms. The topological polar surface area (TPSA) is 66.8 Å². The molecule has 0 heterocycles. The Kier molecular flexibility index (Phi) is 6.20. The molecule has 0 aliphatic heterocycles. The molecule has 2 unspecified atom stereocenters. The summed E-state index contributed by atoms with van der Waals surface area (Å²) in [6.45, 7) is 3.53. The lowest BCUT2D eigenvalue weighted by atomic mass is 9.94. The molecule has 0 bridgehead atoms. The van der Waals surface area contributed by atoms with Crippen molar-refractivity contribution in [3.8, 4) is 5.75 Å². The Morgan fingerprint density at radius 1 is 1.33 bits per heavy atom. The molecule has 116 valence electrons. The Bertz CT molecular complexity index is 532. The minimum atomic E-state index is -0.968. The number of benzene rings is 1. The summed E-state index contributed by atoms with van der Waals surface area (Å²) >= 11 is 3.39. The van der Waals surface area contributed by atoms with Gasteiger partial charge in [0.25, 0.3) is 0 Å². The summed E-state index contributed by atoms with van der Waals surface area (Å²) in [5.74, 6) is -1.77. The monoisotopic (exact) mass is 357 g/mol. The van der Waals surface area contributed by atoms with Crippen molar-refractivity contribution in [1.82, 2.24) is 4.90 Å². The lowest BCUT2D eigenvalue weighted by Gasteiger charge is -2.24. The molecule has 1 aromatic carbocycles. The highest BCUT2D eigenvalue weighted by atomic mass is 79.9. The molecule has 21 heavy (non-hydrogen) atoms. The minimum Gasteiger partial charge on any atom is -0.496 e. The van der Waals surface area contributed by atoms with Crippen molar-refractivity contribution < 1.29 is 19.4 Å². The predicted molar refractivity (Wildman–Crippen MR) is 83.1 cm³/mol. The maximum atomic E-state index is 12.3. The number of hydrogen-bond acceptors (Lipinski definition) is 3. The van der Waals surface area contributed by atoms with Crippen molar-refractivity contribution in [3.63, 3.8) is 0 Å². The molecule has 1 N–H and O–H groups in total. The van der Waals surface area contributed by atoms with Gasteiger partial charge in [0.1, 0.15) is 5.75 Å². The molecule has 5 nitrogen and oxygen atoms in total. The Morgan fingerprint density at radius 2 is 1.95 bits per heavy atom. The van der Waals surface area contributed by atoms with Crippen LogP contribution in [0.2, 0.25) is 0 Å². The number of nitrogens with zero attached hydrogens (tertiary/aromatic N) is 1. The van der Waals surface area contributed by atoms with Gasteiger partial charge in [-0.1, -0.05) is 29.8 Å². The minimum absolute atomic E-state index is 0.202. The summed E-state index contributed by atoms with van der Waals surface area (Å²) in [7, 11) is 3.23. The van der Waals surface area contributed by atoms with E-state index in [9.17, 15) is 9.59 Å². The van der Waals surface area contributed by atoms with Gasteiger partial charge in [-0.25, -0.2) is 0 Å². The van der Waals surface area contributed by atoms with Crippen LogP contribution < -0.4 is 4.74 Å². The third-order valence-electron chi connectivity index (χ3n) is 3.56. The largest absolute Gasteiger partial charge is 0.496 e. The van der Waals surface area contributed by atoms with Gasteiger partial charge < -0.3 is 14.7 Å². The van der Waals surface area contributed by atoms with Crippen LogP contribution in [0.1, 0.15) is 19.4 Å². The van der Waals surface area contributed by atoms with E-state index in [4.69, 9.17) is 9.84 Å². The van der Waals surface area contributed by atoms with Crippen molar-refractivity contribution in [3.05, 3.63) is 28.2 Å². The zero-order valence-electron chi connectivity index (χ0n) is 12.6. The van der Waals surface area contributed by atoms with Gasteiger partial charge in [-0.3, -0.25) is 9.59 Å². The van der Waals surface area contributed by atoms with E-state index in [1.165, 1.54) is 4.90 Å². The summed E-state index contributed by atoms with van der Waals surface area (Å²) in [6.07, 6.45) is 0. The van der Waals surface area contributed by atoms with Gasteiger partial charge in [-0.2, -0.15) is 0 Å². The van der Waals surface area contributed by atoms with Crippen LogP contribution in [0.4, 0.5) is 0 Å². The van der Waals surface area contributed by atoms with Crippen molar-refractivity contribution in [2.45, 2.75) is 20.4 Å². The predicted octanol–water partition coefficient (Wildman–Crippen LogP) is 2.77. The van der Waals surface area contributed by atoms with Crippen LogP contribution in [0.25, 0.3) is 0 Å². The molecule has 0 saturated carbocycles. The number of carbonyl (C=O) groups is 2. The Morgan fingerprint density at radius 3 is 2.48 bits per heavy atom. The fourth-order valence-electron chi connectivity index (χ4n) is 1.98. The van der Waals surface area contributed by atoms with Crippen molar-refractivity contribution in [2.75, 3.05) is 14.2 Å². The highest BCUT2D eigenvalue weighted by molar-refractivity contribution is 9.10. The van der Waals surface area contributed by atoms with Crippen LogP contribution in [0.5, 0.6) is 5.75 Å². The van der Waals surface area contributed by atoms with Crippen molar-refractivity contribution in [2.24, 2.45) is 11.8 Å². The first kappa shape index (κ1) is 17.5. The highest BCUT2D eigenvalue weighted by Gasteiger charge is 2.28. The quantitative estimate of drug-likeness (QED) is 0.849. The van der Waals surface area contributed by atoms with E-state index in [0.717, 1.165) is 10.0 Å². The number of carboxylic acid groups (broad SMARTS) is 1. The van der Waals surface area contributed by atoms with Crippen molar-refractivity contribution >= 4 is 27.8 Å². The van der Waals surface area contributed by atoms with E-state index < -0.39 is 17.8 Å². The molecule has 1 amide bonds. The van der Waals surface area contributed by atoms with E-state index in [1.54, 1.807) is 28.0 Å². The van der Waals surface area contributed by atoms with Gasteiger partial charge in [0.2, 0.25) is 5.91 Å². The number of halogens is 1. The zero-order chi connectivity index (χ0) is 16.2. The smallest absolute Gasteiger partial charge is 0.307 e. The molecule has 0 aromatic heterocycles. The standard InChI is InChI=1S/C15H20BrNO4/c1-9(10(2)15(19)20)14(18)17(3)8-11-7-12(16)5-6-13(11)21-4/h5-7,9-10H,8H2,1-4H3,(H,19,20). The third-order valence-corrected chi connectivity index (χ3v) is 4.05. The highest BCUT2D eigenvalue weighted by Crippen LogP contribution is 2.25. The molecule has 0 fully saturated rings. The van der Waals surface area contributed by atoms with Crippen LogP contribution in [0.15, 0.2) is 22.7 Å². The number of carboxylic acids is 1. The van der Waals surface area contributed by atoms with Crippen molar-refractivity contribution in [1.29, 1.82) is 0 Å². The number of methoxy groups -OCH3 is 1. The Balaban J connectivity index is 2.85. The summed E-state index contributed by atoms with van der Waals surface area (Å²) in [4.78, 5) is 24.8.